The Morgan fingerprint density at radius 1 is 1.08 bits per heavy atom. The molecular formula is C27H27N7O2. The average molecular weight is 482 g/mol. The molecule has 0 saturated carbocycles. The average Bonchev–Trinajstić information content (AvgIpc) is 3.27. The maximum absolute atomic E-state index is 13.6. The first-order valence-electron chi connectivity index (χ1n) is 11.6. The van der Waals surface area contributed by atoms with Crippen molar-refractivity contribution in [2.24, 2.45) is 0 Å². The third-order valence-electron chi connectivity index (χ3n) is 6.16. The van der Waals surface area contributed by atoms with Crippen LogP contribution in [0.3, 0.4) is 0 Å². The molecule has 3 heterocycles. The summed E-state index contributed by atoms with van der Waals surface area (Å²) in [5.41, 5.74) is 10.1. The SMILES string of the molecule is COc1cccc(Cc2c(N)ncnc2N[C@@H](C)c2nn3ccc(C)c3c(=O)n2-c2ccccc2)c1. The third kappa shape index (κ3) is 4.26. The van der Waals surface area contributed by atoms with Gasteiger partial charge in [0.1, 0.15) is 29.2 Å². The number of rotatable bonds is 7. The Hall–Kier alpha value is -4.66. The van der Waals surface area contributed by atoms with Gasteiger partial charge in [0.15, 0.2) is 5.82 Å². The summed E-state index contributed by atoms with van der Waals surface area (Å²) in [6.07, 6.45) is 3.73. The highest BCUT2D eigenvalue weighted by molar-refractivity contribution is 5.58. The Labute approximate surface area is 208 Å². The highest BCUT2D eigenvalue weighted by Gasteiger charge is 2.21. The molecule has 0 amide bonds. The third-order valence-corrected chi connectivity index (χ3v) is 6.16. The molecule has 2 aromatic carbocycles. The molecular weight excluding hydrogens is 454 g/mol. The molecule has 0 unspecified atom stereocenters. The fraction of sp³-hybridized carbons (Fsp3) is 0.185. The Balaban J connectivity index is 1.57. The molecule has 36 heavy (non-hydrogen) atoms. The predicted octanol–water partition coefficient (Wildman–Crippen LogP) is 3.94. The van der Waals surface area contributed by atoms with Crippen molar-refractivity contribution in [3.63, 3.8) is 0 Å². The highest BCUT2D eigenvalue weighted by Crippen LogP contribution is 2.27. The molecule has 0 bridgehead atoms. The Morgan fingerprint density at radius 2 is 1.89 bits per heavy atom. The topological polar surface area (TPSA) is 112 Å². The van der Waals surface area contributed by atoms with Crippen LogP contribution in [0.25, 0.3) is 11.2 Å². The molecule has 0 aliphatic rings. The molecule has 5 aromatic rings. The van der Waals surface area contributed by atoms with Gasteiger partial charge in [-0.05, 0) is 55.3 Å². The lowest BCUT2D eigenvalue weighted by Gasteiger charge is -2.21. The number of nitrogens with one attached hydrogen (secondary N) is 1. The van der Waals surface area contributed by atoms with Crippen molar-refractivity contribution in [2.45, 2.75) is 26.3 Å². The van der Waals surface area contributed by atoms with E-state index in [1.165, 1.54) is 6.33 Å². The number of para-hydroxylation sites is 1. The number of nitrogens with zero attached hydrogens (tertiary/aromatic N) is 5. The van der Waals surface area contributed by atoms with Crippen LogP contribution >= 0.6 is 0 Å². The van der Waals surface area contributed by atoms with Crippen molar-refractivity contribution in [2.75, 3.05) is 18.2 Å². The molecule has 9 heteroatoms. The summed E-state index contributed by atoms with van der Waals surface area (Å²) in [5, 5.41) is 8.24. The molecule has 1 atom stereocenters. The summed E-state index contributed by atoms with van der Waals surface area (Å²) in [6.45, 7) is 3.85. The number of anilines is 2. The number of aromatic nitrogens is 5. The first kappa shape index (κ1) is 23.1. The van der Waals surface area contributed by atoms with Crippen LogP contribution in [0, 0.1) is 6.92 Å². The standard InChI is InChI=1S/C27H27N7O2/c1-17-12-13-33-23(17)27(35)34(20-9-5-4-6-10-20)26(32-33)18(2)31-25-22(24(28)29-16-30-25)15-19-8-7-11-21(14-19)36-3/h4-14,16,18H,15H2,1-3H3,(H3,28,29,30,31)/t18-/m0/s1. The van der Waals surface area contributed by atoms with E-state index in [0.717, 1.165) is 28.1 Å². The van der Waals surface area contributed by atoms with Crippen LogP contribution in [0.4, 0.5) is 11.6 Å². The van der Waals surface area contributed by atoms with Gasteiger partial charge in [-0.15, -0.1) is 0 Å². The lowest BCUT2D eigenvalue weighted by atomic mass is 10.1. The van der Waals surface area contributed by atoms with Crippen LogP contribution < -0.4 is 21.3 Å². The lowest BCUT2D eigenvalue weighted by Crippen LogP contribution is -2.29. The molecule has 5 rings (SSSR count). The lowest BCUT2D eigenvalue weighted by molar-refractivity contribution is 0.414. The molecule has 9 nitrogen and oxygen atoms in total. The molecule has 0 aliphatic carbocycles. The Kier molecular flexibility index (Phi) is 6.12. The van der Waals surface area contributed by atoms with E-state index in [1.54, 1.807) is 22.4 Å². The van der Waals surface area contributed by atoms with Gasteiger partial charge in [-0.2, -0.15) is 5.10 Å². The van der Waals surface area contributed by atoms with Gasteiger partial charge in [-0.25, -0.2) is 14.5 Å². The highest BCUT2D eigenvalue weighted by atomic mass is 16.5. The second-order valence-electron chi connectivity index (χ2n) is 8.61. The van der Waals surface area contributed by atoms with Crippen molar-refractivity contribution in [3.05, 3.63) is 106 Å². The zero-order chi connectivity index (χ0) is 25.2. The number of hydrogen-bond acceptors (Lipinski definition) is 7. The normalized spacial score (nSPS) is 12.0. The maximum Gasteiger partial charge on any atom is 0.282 e. The van der Waals surface area contributed by atoms with E-state index >= 15 is 0 Å². The van der Waals surface area contributed by atoms with Crippen LogP contribution in [-0.2, 0) is 6.42 Å². The molecule has 0 fully saturated rings. The minimum absolute atomic E-state index is 0.138. The van der Waals surface area contributed by atoms with Crippen LogP contribution in [0.1, 0.15) is 35.5 Å². The van der Waals surface area contributed by atoms with Crippen LogP contribution in [0.5, 0.6) is 5.75 Å². The minimum atomic E-state index is -0.386. The van der Waals surface area contributed by atoms with Gasteiger partial charge in [0, 0.05) is 18.2 Å². The second-order valence-corrected chi connectivity index (χ2v) is 8.61. The minimum Gasteiger partial charge on any atom is -0.497 e. The molecule has 0 aliphatic heterocycles. The number of fused-ring (bicyclic) bond motifs is 1. The van der Waals surface area contributed by atoms with Crippen LogP contribution in [-0.4, -0.2) is 31.3 Å². The van der Waals surface area contributed by atoms with Gasteiger partial charge in [-0.1, -0.05) is 30.3 Å². The van der Waals surface area contributed by atoms with Crippen molar-refractivity contribution in [1.82, 2.24) is 24.1 Å². The van der Waals surface area contributed by atoms with Crippen molar-refractivity contribution < 1.29 is 4.74 Å². The van der Waals surface area contributed by atoms with Crippen LogP contribution in [0.2, 0.25) is 0 Å². The van der Waals surface area contributed by atoms with Gasteiger partial charge >= 0.3 is 0 Å². The van der Waals surface area contributed by atoms with Gasteiger partial charge < -0.3 is 15.8 Å². The molecule has 0 saturated heterocycles. The van der Waals surface area contributed by atoms with Gasteiger partial charge in [0.25, 0.3) is 5.56 Å². The largest absolute Gasteiger partial charge is 0.497 e. The molecule has 0 spiro atoms. The monoisotopic (exact) mass is 481 g/mol. The summed E-state index contributed by atoms with van der Waals surface area (Å²) in [5.74, 6) is 2.26. The molecule has 182 valence electrons. The number of nitrogens with two attached hydrogens (primary N) is 1. The fourth-order valence-electron chi connectivity index (χ4n) is 4.32. The van der Waals surface area contributed by atoms with E-state index in [4.69, 9.17) is 15.6 Å². The Bertz CT molecular complexity index is 1590. The smallest absolute Gasteiger partial charge is 0.282 e. The van der Waals surface area contributed by atoms with E-state index in [1.807, 2.05) is 74.5 Å². The van der Waals surface area contributed by atoms with Crippen molar-refractivity contribution in [1.29, 1.82) is 0 Å². The Morgan fingerprint density at radius 3 is 2.67 bits per heavy atom. The summed E-state index contributed by atoms with van der Waals surface area (Å²) >= 11 is 0. The number of hydrogen-bond donors (Lipinski definition) is 2. The molecule has 3 aromatic heterocycles. The predicted molar refractivity (Wildman–Crippen MR) is 140 cm³/mol. The van der Waals surface area contributed by atoms with Crippen molar-refractivity contribution >= 4 is 17.2 Å². The molecule has 0 radical (unpaired) electrons. The zero-order valence-electron chi connectivity index (χ0n) is 20.3. The number of ether oxygens (including phenoxy) is 1. The number of benzene rings is 2. The van der Waals surface area contributed by atoms with E-state index in [9.17, 15) is 4.79 Å². The van der Waals surface area contributed by atoms with E-state index < -0.39 is 0 Å². The first-order chi connectivity index (χ1) is 17.5. The number of aryl methyl sites for hydroxylation is 1. The van der Waals surface area contributed by atoms with Crippen molar-refractivity contribution in [3.8, 4) is 11.4 Å². The summed E-state index contributed by atoms with van der Waals surface area (Å²) in [6, 6.07) is 18.8. The van der Waals surface area contributed by atoms with Gasteiger partial charge in [0.05, 0.1) is 18.8 Å². The quantitative estimate of drug-likeness (QED) is 0.362. The zero-order valence-corrected chi connectivity index (χ0v) is 20.3. The number of nitrogen functional groups attached to an aromatic ring is 1. The van der Waals surface area contributed by atoms with E-state index in [-0.39, 0.29) is 11.6 Å². The fourth-order valence-corrected chi connectivity index (χ4v) is 4.32. The van der Waals surface area contributed by atoms with Gasteiger partial charge in [-0.3, -0.25) is 9.36 Å². The summed E-state index contributed by atoms with van der Waals surface area (Å²) in [7, 11) is 1.64. The van der Waals surface area contributed by atoms with Gasteiger partial charge in [0.2, 0.25) is 0 Å². The number of methoxy groups -OCH3 is 1. The summed E-state index contributed by atoms with van der Waals surface area (Å²) in [4.78, 5) is 22.3. The molecule has 3 N–H and O–H groups in total. The second kappa shape index (κ2) is 9.53. The van der Waals surface area contributed by atoms with E-state index in [2.05, 4.69) is 15.3 Å². The first-order valence-corrected chi connectivity index (χ1v) is 11.6. The maximum atomic E-state index is 13.6. The van der Waals surface area contributed by atoms with Crippen LogP contribution in [0.15, 0.2) is 78.0 Å². The summed E-state index contributed by atoms with van der Waals surface area (Å²) < 4.78 is 8.64. The van der Waals surface area contributed by atoms with E-state index in [0.29, 0.717) is 29.4 Å².